The Balaban J connectivity index is 2.16. The van der Waals surface area contributed by atoms with Crippen molar-refractivity contribution in [3.63, 3.8) is 0 Å². The van der Waals surface area contributed by atoms with Gasteiger partial charge in [0.1, 0.15) is 0 Å². The second kappa shape index (κ2) is 6.21. The van der Waals surface area contributed by atoms with E-state index in [0.717, 1.165) is 30.9 Å². The highest BCUT2D eigenvalue weighted by Gasteiger charge is 2.31. The Kier molecular flexibility index (Phi) is 4.61. The number of nitrogens with zero attached hydrogens (tertiary/aromatic N) is 3. The molecule has 1 aromatic rings. The first-order chi connectivity index (χ1) is 9.10. The van der Waals surface area contributed by atoms with Gasteiger partial charge in [-0.2, -0.15) is 0 Å². The van der Waals surface area contributed by atoms with Crippen LogP contribution in [-0.4, -0.2) is 60.9 Å². The van der Waals surface area contributed by atoms with Crippen LogP contribution in [0.3, 0.4) is 0 Å². The number of rotatable bonds is 5. The minimum absolute atomic E-state index is 0.243. The van der Waals surface area contributed by atoms with Gasteiger partial charge in [-0.1, -0.05) is 0 Å². The van der Waals surface area contributed by atoms with E-state index in [-0.39, 0.29) is 6.10 Å². The van der Waals surface area contributed by atoms with Crippen LogP contribution in [0.25, 0.3) is 0 Å². The lowest BCUT2D eigenvalue weighted by molar-refractivity contribution is 0.191. The van der Waals surface area contributed by atoms with Gasteiger partial charge in [0.05, 0.1) is 29.9 Å². The highest BCUT2D eigenvalue weighted by molar-refractivity contribution is 5.57. The van der Waals surface area contributed by atoms with Gasteiger partial charge in [0.25, 0.3) is 0 Å². The molecule has 2 heterocycles. The summed E-state index contributed by atoms with van der Waals surface area (Å²) in [5.74, 6) is 0. The molecule has 5 heteroatoms. The molecule has 1 aliphatic heterocycles. The molecule has 0 aliphatic carbocycles. The smallest absolute Gasteiger partial charge is 0.0735 e. The van der Waals surface area contributed by atoms with Crippen LogP contribution >= 0.6 is 0 Å². The van der Waals surface area contributed by atoms with Gasteiger partial charge in [0.2, 0.25) is 0 Å². The number of nitrogens with one attached hydrogen (secondary N) is 1. The van der Waals surface area contributed by atoms with Gasteiger partial charge >= 0.3 is 0 Å². The number of aliphatic hydroxyl groups is 1. The average Bonchev–Trinajstić information content (AvgIpc) is 2.70. The molecular weight excluding hydrogens is 240 g/mol. The molecule has 2 unspecified atom stereocenters. The van der Waals surface area contributed by atoms with Crippen molar-refractivity contribution < 1.29 is 5.11 Å². The third-order valence-electron chi connectivity index (χ3n) is 3.40. The van der Waals surface area contributed by atoms with E-state index < -0.39 is 0 Å². The first kappa shape index (κ1) is 14.1. The Morgan fingerprint density at radius 3 is 2.95 bits per heavy atom. The molecule has 1 aliphatic rings. The zero-order valence-corrected chi connectivity index (χ0v) is 12.0. The minimum atomic E-state index is -0.243. The van der Waals surface area contributed by atoms with Crippen LogP contribution in [0.5, 0.6) is 0 Å². The molecule has 19 heavy (non-hydrogen) atoms. The number of anilines is 2. The van der Waals surface area contributed by atoms with Crippen LogP contribution in [0.15, 0.2) is 18.5 Å². The van der Waals surface area contributed by atoms with E-state index >= 15 is 0 Å². The molecule has 0 aromatic carbocycles. The summed E-state index contributed by atoms with van der Waals surface area (Å²) in [5, 5.41) is 13.2. The van der Waals surface area contributed by atoms with Gasteiger partial charge in [0, 0.05) is 25.7 Å². The van der Waals surface area contributed by atoms with Gasteiger partial charge in [-0.15, -0.1) is 0 Å². The molecule has 0 amide bonds. The Morgan fingerprint density at radius 2 is 2.26 bits per heavy atom. The van der Waals surface area contributed by atoms with Crippen LogP contribution in [0.1, 0.15) is 13.3 Å². The van der Waals surface area contributed by atoms with Crippen molar-refractivity contribution >= 4 is 11.4 Å². The highest BCUT2D eigenvalue weighted by atomic mass is 16.3. The van der Waals surface area contributed by atoms with Crippen LogP contribution in [0.4, 0.5) is 11.4 Å². The van der Waals surface area contributed by atoms with Crippen molar-refractivity contribution in [2.75, 3.05) is 43.9 Å². The maximum Gasteiger partial charge on any atom is 0.0735 e. The molecule has 0 spiro atoms. The highest BCUT2D eigenvalue weighted by Crippen LogP contribution is 2.27. The van der Waals surface area contributed by atoms with Gasteiger partial charge in [0.15, 0.2) is 0 Å². The van der Waals surface area contributed by atoms with Crippen LogP contribution in [0.2, 0.25) is 0 Å². The van der Waals surface area contributed by atoms with Crippen molar-refractivity contribution in [2.24, 2.45) is 0 Å². The van der Waals surface area contributed by atoms with E-state index in [1.54, 1.807) is 0 Å². The van der Waals surface area contributed by atoms with Crippen molar-refractivity contribution in [1.29, 1.82) is 0 Å². The number of aromatic nitrogens is 1. The predicted molar refractivity (Wildman–Crippen MR) is 78.7 cm³/mol. The van der Waals surface area contributed by atoms with E-state index in [1.165, 1.54) is 0 Å². The largest absolute Gasteiger partial charge is 0.391 e. The van der Waals surface area contributed by atoms with Crippen molar-refractivity contribution in [3.05, 3.63) is 18.5 Å². The third-order valence-corrected chi connectivity index (χ3v) is 3.40. The first-order valence-electron chi connectivity index (χ1n) is 6.88. The van der Waals surface area contributed by atoms with Crippen LogP contribution < -0.4 is 10.2 Å². The molecule has 1 fully saturated rings. The monoisotopic (exact) mass is 264 g/mol. The standard InChI is InChI=1S/C14H24N4O/c1-4-16-11-5-12(8-15-7-11)18-10-14(19)6-13(18)9-17(2)3/h5,7-8,13-14,16,19H,4,6,9-10H2,1-3H3. The maximum absolute atomic E-state index is 9.92. The number of hydrogen-bond donors (Lipinski definition) is 2. The number of pyridine rings is 1. The lowest BCUT2D eigenvalue weighted by Gasteiger charge is -2.28. The summed E-state index contributed by atoms with van der Waals surface area (Å²) in [6.07, 6.45) is 4.29. The van der Waals surface area contributed by atoms with E-state index in [9.17, 15) is 5.11 Å². The van der Waals surface area contributed by atoms with Crippen molar-refractivity contribution in [1.82, 2.24) is 9.88 Å². The second-order valence-corrected chi connectivity index (χ2v) is 5.42. The fourth-order valence-corrected chi connectivity index (χ4v) is 2.69. The van der Waals surface area contributed by atoms with Crippen molar-refractivity contribution in [3.8, 4) is 0 Å². The first-order valence-corrected chi connectivity index (χ1v) is 6.88. The molecule has 2 atom stereocenters. The SMILES string of the molecule is CCNc1cncc(N2CC(O)CC2CN(C)C)c1. The predicted octanol–water partition coefficient (Wildman–Crippen LogP) is 1.01. The minimum Gasteiger partial charge on any atom is -0.391 e. The molecule has 5 nitrogen and oxygen atoms in total. The van der Waals surface area contributed by atoms with Crippen LogP contribution in [0, 0.1) is 0 Å². The average molecular weight is 264 g/mol. The van der Waals surface area contributed by atoms with E-state index in [0.29, 0.717) is 12.6 Å². The van der Waals surface area contributed by atoms with Crippen molar-refractivity contribution in [2.45, 2.75) is 25.5 Å². The molecule has 0 bridgehead atoms. The Hall–Kier alpha value is -1.33. The van der Waals surface area contributed by atoms with Gasteiger partial charge < -0.3 is 20.2 Å². The third kappa shape index (κ3) is 3.58. The quantitative estimate of drug-likeness (QED) is 0.831. The summed E-state index contributed by atoms with van der Waals surface area (Å²) in [5.41, 5.74) is 2.12. The topological polar surface area (TPSA) is 51.6 Å². The molecule has 1 saturated heterocycles. The lowest BCUT2D eigenvalue weighted by Crippen LogP contribution is -2.37. The Morgan fingerprint density at radius 1 is 1.47 bits per heavy atom. The molecular formula is C14H24N4O. The van der Waals surface area contributed by atoms with Gasteiger partial charge in [-0.25, -0.2) is 0 Å². The zero-order valence-electron chi connectivity index (χ0n) is 12.0. The Bertz CT molecular complexity index is 410. The maximum atomic E-state index is 9.92. The fourth-order valence-electron chi connectivity index (χ4n) is 2.69. The zero-order chi connectivity index (χ0) is 13.8. The van der Waals surface area contributed by atoms with Crippen LogP contribution in [-0.2, 0) is 0 Å². The second-order valence-electron chi connectivity index (χ2n) is 5.42. The molecule has 0 saturated carbocycles. The number of aliphatic hydroxyl groups excluding tert-OH is 1. The van der Waals surface area contributed by atoms with Gasteiger partial charge in [-0.3, -0.25) is 4.98 Å². The van der Waals surface area contributed by atoms with E-state index in [1.807, 2.05) is 12.4 Å². The fraction of sp³-hybridized carbons (Fsp3) is 0.643. The van der Waals surface area contributed by atoms with Gasteiger partial charge in [-0.05, 0) is 33.5 Å². The summed E-state index contributed by atoms with van der Waals surface area (Å²) in [7, 11) is 4.13. The van der Waals surface area contributed by atoms with E-state index in [2.05, 4.69) is 47.2 Å². The number of likely N-dealkylation sites (N-methyl/N-ethyl adjacent to an activating group) is 1. The normalized spacial score (nSPS) is 23.1. The Labute approximate surface area is 115 Å². The summed E-state index contributed by atoms with van der Waals surface area (Å²) in [6.45, 7) is 4.59. The molecule has 1 aromatic heterocycles. The lowest BCUT2D eigenvalue weighted by atomic mass is 10.2. The molecule has 106 valence electrons. The summed E-state index contributed by atoms with van der Waals surface area (Å²) in [6, 6.07) is 2.46. The molecule has 2 rings (SSSR count). The summed E-state index contributed by atoms with van der Waals surface area (Å²) < 4.78 is 0. The molecule has 0 radical (unpaired) electrons. The number of β-amino-alcohol motifs (C(OH)–C–C–N with tert-alkyl or cyclic N) is 1. The summed E-state index contributed by atoms with van der Waals surface area (Å²) >= 11 is 0. The van der Waals surface area contributed by atoms with E-state index in [4.69, 9.17) is 0 Å². The number of hydrogen-bond acceptors (Lipinski definition) is 5. The molecule has 2 N–H and O–H groups in total. The summed E-state index contributed by atoms with van der Waals surface area (Å²) in [4.78, 5) is 8.71.